The Labute approximate surface area is 144 Å². The van der Waals surface area contributed by atoms with E-state index in [1.165, 1.54) is 0 Å². The minimum absolute atomic E-state index is 0.450. The van der Waals surface area contributed by atoms with Gasteiger partial charge in [0, 0.05) is 5.56 Å². The van der Waals surface area contributed by atoms with Crippen molar-refractivity contribution in [2.24, 2.45) is 0 Å². The molecule has 1 atom stereocenters. The van der Waals surface area contributed by atoms with Crippen LogP contribution < -0.4 is 0 Å². The van der Waals surface area contributed by atoms with Gasteiger partial charge in [-0.1, -0.05) is 73.3 Å². The van der Waals surface area contributed by atoms with Crippen LogP contribution in [0.25, 0.3) is 22.5 Å². The van der Waals surface area contributed by atoms with E-state index in [-0.39, 0.29) is 0 Å². The quantitative estimate of drug-likeness (QED) is 0.661. The Bertz CT molecular complexity index is 816. The van der Waals surface area contributed by atoms with E-state index in [0.717, 1.165) is 28.5 Å². The number of carbonyl (C=O) groups is 1. The minimum atomic E-state index is -0.846. The molecule has 1 heterocycles. The van der Waals surface area contributed by atoms with E-state index in [2.05, 4.69) is 27.3 Å². The summed E-state index contributed by atoms with van der Waals surface area (Å²) in [6.07, 6.45) is 0.523. The standard InChI is InChI=1S/C18H17N3O2S/c1-2-15(17(22)23)24-18-19-16(20-21-18)14-10-8-13(9-11-14)12-6-4-3-5-7-12/h3-11,15H,2H2,1H3,(H,22,23)(H,19,20,21)/t15-/m1/s1. The van der Waals surface area contributed by atoms with E-state index in [1.807, 2.05) is 49.4 Å². The fourth-order valence-electron chi connectivity index (χ4n) is 2.31. The van der Waals surface area contributed by atoms with Crippen molar-refractivity contribution in [2.45, 2.75) is 23.8 Å². The van der Waals surface area contributed by atoms with Crippen LogP contribution in [0, 0.1) is 0 Å². The number of aliphatic carboxylic acids is 1. The molecule has 2 N–H and O–H groups in total. The summed E-state index contributed by atoms with van der Waals surface area (Å²) in [4.78, 5) is 15.5. The second-order valence-corrected chi connectivity index (χ2v) is 6.43. The molecule has 0 saturated heterocycles. The van der Waals surface area contributed by atoms with E-state index in [0.29, 0.717) is 17.4 Å². The van der Waals surface area contributed by atoms with Gasteiger partial charge in [0.05, 0.1) is 0 Å². The smallest absolute Gasteiger partial charge is 0.317 e. The van der Waals surface area contributed by atoms with Gasteiger partial charge in [-0.05, 0) is 17.5 Å². The molecule has 6 heteroatoms. The Kier molecular flexibility index (Phi) is 4.96. The predicted molar refractivity (Wildman–Crippen MR) is 94.8 cm³/mol. The molecule has 5 nitrogen and oxygen atoms in total. The lowest BCUT2D eigenvalue weighted by Crippen LogP contribution is -2.14. The molecule has 0 saturated carbocycles. The van der Waals surface area contributed by atoms with E-state index >= 15 is 0 Å². The van der Waals surface area contributed by atoms with Crippen molar-refractivity contribution >= 4 is 17.7 Å². The SMILES string of the molecule is CC[C@@H](Sc1n[nH]c(-c2ccc(-c3ccccc3)cc2)n1)C(=O)O. The number of aromatic nitrogens is 3. The molecule has 0 bridgehead atoms. The Morgan fingerprint density at radius 2 is 1.71 bits per heavy atom. The molecule has 0 fully saturated rings. The van der Waals surface area contributed by atoms with Crippen LogP contribution in [0.4, 0.5) is 0 Å². The molecule has 0 aliphatic carbocycles. The van der Waals surface area contributed by atoms with Gasteiger partial charge in [-0.15, -0.1) is 5.10 Å². The number of carboxylic acids is 1. The minimum Gasteiger partial charge on any atom is -0.480 e. The lowest BCUT2D eigenvalue weighted by atomic mass is 10.0. The second-order valence-electron chi connectivity index (χ2n) is 5.26. The van der Waals surface area contributed by atoms with Gasteiger partial charge in [0.1, 0.15) is 5.25 Å². The molecule has 0 amide bonds. The second kappa shape index (κ2) is 7.31. The van der Waals surface area contributed by atoms with Crippen molar-refractivity contribution in [3.05, 3.63) is 54.6 Å². The molecule has 0 spiro atoms. The summed E-state index contributed by atoms with van der Waals surface area (Å²) in [7, 11) is 0. The highest BCUT2D eigenvalue weighted by molar-refractivity contribution is 8.00. The zero-order valence-electron chi connectivity index (χ0n) is 13.1. The Morgan fingerprint density at radius 1 is 1.08 bits per heavy atom. The van der Waals surface area contributed by atoms with Crippen LogP contribution in [0.5, 0.6) is 0 Å². The number of hydrogen-bond acceptors (Lipinski definition) is 4. The zero-order valence-corrected chi connectivity index (χ0v) is 14.0. The third kappa shape index (κ3) is 3.65. The monoisotopic (exact) mass is 339 g/mol. The molecule has 122 valence electrons. The molecule has 2 aromatic carbocycles. The first-order valence-electron chi connectivity index (χ1n) is 7.65. The summed E-state index contributed by atoms with van der Waals surface area (Å²) in [6, 6.07) is 18.2. The number of thioether (sulfide) groups is 1. The molecule has 1 aromatic heterocycles. The van der Waals surface area contributed by atoms with Crippen LogP contribution in [0.15, 0.2) is 59.8 Å². The maximum Gasteiger partial charge on any atom is 0.317 e. The van der Waals surface area contributed by atoms with Gasteiger partial charge in [-0.3, -0.25) is 9.89 Å². The Morgan fingerprint density at radius 3 is 2.33 bits per heavy atom. The van der Waals surface area contributed by atoms with E-state index in [1.54, 1.807) is 0 Å². The van der Waals surface area contributed by atoms with Crippen LogP contribution >= 0.6 is 11.8 Å². The van der Waals surface area contributed by atoms with Crippen LogP contribution in [0.3, 0.4) is 0 Å². The summed E-state index contributed by atoms with van der Waals surface area (Å²) in [6.45, 7) is 1.83. The number of benzene rings is 2. The van der Waals surface area contributed by atoms with Gasteiger partial charge >= 0.3 is 5.97 Å². The molecule has 24 heavy (non-hydrogen) atoms. The highest BCUT2D eigenvalue weighted by atomic mass is 32.2. The number of hydrogen-bond donors (Lipinski definition) is 2. The average molecular weight is 339 g/mol. The highest BCUT2D eigenvalue weighted by Gasteiger charge is 2.19. The lowest BCUT2D eigenvalue weighted by molar-refractivity contribution is -0.136. The van der Waals surface area contributed by atoms with Gasteiger partial charge in [0.2, 0.25) is 5.16 Å². The van der Waals surface area contributed by atoms with Crippen LogP contribution in [0.1, 0.15) is 13.3 Å². The zero-order chi connectivity index (χ0) is 16.9. The summed E-state index contributed by atoms with van der Waals surface area (Å²) >= 11 is 1.16. The van der Waals surface area contributed by atoms with Gasteiger partial charge in [-0.25, -0.2) is 4.98 Å². The summed E-state index contributed by atoms with van der Waals surface area (Å²) in [5, 5.41) is 16.0. The van der Waals surface area contributed by atoms with Crippen molar-refractivity contribution in [1.29, 1.82) is 0 Å². The Hall–Kier alpha value is -2.60. The first-order chi connectivity index (χ1) is 11.7. The van der Waals surface area contributed by atoms with Crippen molar-refractivity contribution in [3.8, 4) is 22.5 Å². The molecular formula is C18H17N3O2S. The third-order valence-electron chi connectivity index (χ3n) is 3.62. The number of H-pyrrole nitrogens is 1. The van der Waals surface area contributed by atoms with Gasteiger partial charge < -0.3 is 5.11 Å². The van der Waals surface area contributed by atoms with Crippen molar-refractivity contribution in [1.82, 2.24) is 15.2 Å². The molecule has 3 rings (SSSR count). The molecule has 3 aromatic rings. The fourth-order valence-corrected chi connectivity index (χ4v) is 3.08. The summed E-state index contributed by atoms with van der Waals surface area (Å²) in [5.74, 6) is -0.210. The number of nitrogens with one attached hydrogen (secondary N) is 1. The van der Waals surface area contributed by atoms with Gasteiger partial charge in [0.25, 0.3) is 0 Å². The maximum absolute atomic E-state index is 11.1. The van der Waals surface area contributed by atoms with E-state index in [4.69, 9.17) is 5.11 Å². The topological polar surface area (TPSA) is 78.9 Å². The lowest BCUT2D eigenvalue weighted by Gasteiger charge is -2.04. The third-order valence-corrected chi connectivity index (χ3v) is 4.84. The highest BCUT2D eigenvalue weighted by Crippen LogP contribution is 2.26. The predicted octanol–water partition coefficient (Wildman–Crippen LogP) is 4.09. The maximum atomic E-state index is 11.1. The normalized spacial score (nSPS) is 12.0. The van der Waals surface area contributed by atoms with Gasteiger partial charge in [0.15, 0.2) is 5.82 Å². The summed E-state index contributed by atoms with van der Waals surface area (Å²) < 4.78 is 0. The van der Waals surface area contributed by atoms with E-state index in [9.17, 15) is 4.79 Å². The molecule has 0 aliphatic heterocycles. The molecule has 0 aliphatic rings. The summed E-state index contributed by atoms with van der Waals surface area (Å²) in [5.41, 5.74) is 3.20. The first kappa shape index (κ1) is 16.3. The number of aromatic amines is 1. The van der Waals surface area contributed by atoms with Crippen molar-refractivity contribution in [3.63, 3.8) is 0 Å². The van der Waals surface area contributed by atoms with Crippen LogP contribution in [-0.2, 0) is 4.79 Å². The molecular weight excluding hydrogens is 322 g/mol. The number of rotatable bonds is 6. The van der Waals surface area contributed by atoms with Crippen LogP contribution in [0.2, 0.25) is 0 Å². The number of nitrogens with zero attached hydrogens (tertiary/aromatic N) is 2. The van der Waals surface area contributed by atoms with Gasteiger partial charge in [-0.2, -0.15) is 0 Å². The Balaban J connectivity index is 1.77. The number of carboxylic acid groups (broad SMARTS) is 1. The van der Waals surface area contributed by atoms with Crippen molar-refractivity contribution in [2.75, 3.05) is 0 Å². The van der Waals surface area contributed by atoms with E-state index < -0.39 is 11.2 Å². The average Bonchev–Trinajstić information content (AvgIpc) is 3.09. The fraction of sp³-hybridized carbons (Fsp3) is 0.167. The largest absolute Gasteiger partial charge is 0.480 e. The van der Waals surface area contributed by atoms with Crippen LogP contribution in [-0.4, -0.2) is 31.5 Å². The van der Waals surface area contributed by atoms with Crippen molar-refractivity contribution < 1.29 is 9.90 Å². The first-order valence-corrected chi connectivity index (χ1v) is 8.53. The molecule has 0 radical (unpaired) electrons. The molecule has 0 unspecified atom stereocenters.